The highest BCUT2D eigenvalue weighted by Gasteiger charge is 2.28. The van der Waals surface area contributed by atoms with E-state index in [1.165, 1.54) is 0 Å². The Morgan fingerprint density at radius 2 is 1.94 bits per heavy atom. The van der Waals surface area contributed by atoms with Gasteiger partial charge in [-0.2, -0.15) is 0 Å². The number of hydrogen-bond donors (Lipinski definition) is 2. The standard InChI is InChI=1S/C14H16N2O2/c17-14(18)10-7-5-9(6-8-10)13-15-11-3-1-2-4-12(11)16-13/h1-4,9-10H,5-8H2,(H,15,16)(H,17,18). The number of carboxylic acid groups (broad SMARTS) is 1. The van der Waals surface area contributed by atoms with Crippen LogP contribution in [0.4, 0.5) is 0 Å². The molecule has 4 heteroatoms. The van der Waals surface area contributed by atoms with Crippen LogP contribution in [0.5, 0.6) is 0 Å². The van der Waals surface area contributed by atoms with E-state index < -0.39 is 5.97 Å². The number of aromatic amines is 1. The molecule has 1 aromatic heterocycles. The van der Waals surface area contributed by atoms with Gasteiger partial charge in [0.15, 0.2) is 0 Å². The predicted molar refractivity (Wildman–Crippen MR) is 68.4 cm³/mol. The maximum absolute atomic E-state index is 10.9. The number of nitrogens with one attached hydrogen (secondary N) is 1. The molecule has 4 nitrogen and oxygen atoms in total. The van der Waals surface area contributed by atoms with Gasteiger partial charge in [-0.25, -0.2) is 4.98 Å². The van der Waals surface area contributed by atoms with Crippen molar-refractivity contribution in [2.45, 2.75) is 31.6 Å². The van der Waals surface area contributed by atoms with Crippen LogP contribution in [-0.4, -0.2) is 21.0 Å². The van der Waals surface area contributed by atoms with E-state index in [1.807, 2.05) is 24.3 Å². The smallest absolute Gasteiger partial charge is 0.306 e. The van der Waals surface area contributed by atoms with Crippen molar-refractivity contribution in [3.8, 4) is 0 Å². The van der Waals surface area contributed by atoms with E-state index in [0.29, 0.717) is 5.92 Å². The molecule has 0 unspecified atom stereocenters. The lowest BCUT2D eigenvalue weighted by Crippen LogP contribution is -2.20. The molecule has 0 saturated heterocycles. The Balaban J connectivity index is 1.78. The zero-order valence-electron chi connectivity index (χ0n) is 10.1. The van der Waals surface area contributed by atoms with Gasteiger partial charge in [-0.3, -0.25) is 4.79 Å². The summed E-state index contributed by atoms with van der Waals surface area (Å²) in [6, 6.07) is 7.99. The topological polar surface area (TPSA) is 66.0 Å². The number of para-hydroxylation sites is 2. The summed E-state index contributed by atoms with van der Waals surface area (Å²) in [6.07, 6.45) is 3.35. The average molecular weight is 244 g/mol. The van der Waals surface area contributed by atoms with E-state index >= 15 is 0 Å². The number of rotatable bonds is 2. The molecule has 3 rings (SSSR count). The van der Waals surface area contributed by atoms with Crippen molar-refractivity contribution in [1.82, 2.24) is 9.97 Å². The Morgan fingerprint density at radius 1 is 1.22 bits per heavy atom. The van der Waals surface area contributed by atoms with Crippen molar-refractivity contribution in [2.24, 2.45) is 5.92 Å². The highest BCUT2D eigenvalue weighted by atomic mass is 16.4. The maximum Gasteiger partial charge on any atom is 0.306 e. The Hall–Kier alpha value is -1.84. The third-order valence-corrected chi connectivity index (χ3v) is 3.87. The molecule has 2 aromatic rings. The lowest BCUT2D eigenvalue weighted by Gasteiger charge is -2.24. The first-order valence-corrected chi connectivity index (χ1v) is 6.41. The molecule has 1 fully saturated rings. The van der Waals surface area contributed by atoms with E-state index in [1.54, 1.807) is 0 Å². The number of aromatic nitrogens is 2. The lowest BCUT2D eigenvalue weighted by molar-refractivity contribution is -0.142. The molecule has 0 aliphatic heterocycles. The van der Waals surface area contributed by atoms with Crippen molar-refractivity contribution < 1.29 is 9.90 Å². The zero-order chi connectivity index (χ0) is 12.5. The van der Waals surface area contributed by atoms with Gasteiger partial charge in [-0.05, 0) is 37.8 Å². The first-order valence-electron chi connectivity index (χ1n) is 6.41. The summed E-state index contributed by atoms with van der Waals surface area (Å²) < 4.78 is 0. The molecule has 0 amide bonds. The number of carbonyl (C=O) groups is 1. The fourth-order valence-corrected chi connectivity index (χ4v) is 2.78. The van der Waals surface area contributed by atoms with E-state index in [-0.39, 0.29) is 5.92 Å². The first kappa shape index (κ1) is 11.3. The number of aliphatic carboxylic acids is 1. The van der Waals surface area contributed by atoms with Gasteiger partial charge in [0.1, 0.15) is 5.82 Å². The predicted octanol–water partition coefficient (Wildman–Crippen LogP) is 2.92. The summed E-state index contributed by atoms with van der Waals surface area (Å²) in [7, 11) is 0. The van der Waals surface area contributed by atoms with E-state index in [4.69, 9.17) is 5.11 Å². The summed E-state index contributed by atoms with van der Waals surface area (Å²) in [5, 5.41) is 8.99. The highest BCUT2D eigenvalue weighted by molar-refractivity contribution is 5.75. The van der Waals surface area contributed by atoms with Gasteiger partial charge in [0, 0.05) is 5.92 Å². The average Bonchev–Trinajstić information content (AvgIpc) is 2.82. The molecule has 1 heterocycles. The minimum atomic E-state index is -0.655. The van der Waals surface area contributed by atoms with Crippen molar-refractivity contribution in [1.29, 1.82) is 0 Å². The number of hydrogen-bond acceptors (Lipinski definition) is 2. The Bertz CT molecular complexity index is 535. The van der Waals surface area contributed by atoms with Gasteiger partial charge in [-0.1, -0.05) is 12.1 Å². The van der Waals surface area contributed by atoms with Crippen LogP contribution in [0, 0.1) is 5.92 Å². The summed E-state index contributed by atoms with van der Waals surface area (Å²) in [4.78, 5) is 18.9. The van der Waals surface area contributed by atoms with Crippen LogP contribution in [0.2, 0.25) is 0 Å². The third-order valence-electron chi connectivity index (χ3n) is 3.87. The monoisotopic (exact) mass is 244 g/mol. The largest absolute Gasteiger partial charge is 0.481 e. The number of nitrogens with zero attached hydrogens (tertiary/aromatic N) is 1. The molecule has 18 heavy (non-hydrogen) atoms. The SMILES string of the molecule is O=C(O)C1CCC(c2nc3ccccc3[nH]2)CC1. The zero-order valence-corrected chi connectivity index (χ0v) is 10.1. The molecular weight excluding hydrogens is 228 g/mol. The van der Waals surface area contributed by atoms with Crippen LogP contribution >= 0.6 is 0 Å². The Kier molecular flexibility index (Phi) is 2.78. The van der Waals surface area contributed by atoms with Gasteiger partial charge in [0.05, 0.1) is 17.0 Å². The summed E-state index contributed by atoms with van der Waals surface area (Å²) in [5.41, 5.74) is 2.06. The van der Waals surface area contributed by atoms with Crippen LogP contribution in [0.15, 0.2) is 24.3 Å². The second-order valence-electron chi connectivity index (χ2n) is 5.03. The lowest BCUT2D eigenvalue weighted by atomic mass is 9.82. The van der Waals surface area contributed by atoms with Gasteiger partial charge in [0.2, 0.25) is 0 Å². The molecule has 1 aliphatic rings. The first-order chi connectivity index (χ1) is 8.74. The van der Waals surface area contributed by atoms with Crippen molar-refractivity contribution in [3.63, 3.8) is 0 Å². The van der Waals surface area contributed by atoms with Crippen molar-refractivity contribution >= 4 is 17.0 Å². The Morgan fingerprint density at radius 3 is 2.61 bits per heavy atom. The second-order valence-corrected chi connectivity index (χ2v) is 5.03. The van der Waals surface area contributed by atoms with Crippen molar-refractivity contribution in [2.75, 3.05) is 0 Å². The van der Waals surface area contributed by atoms with Gasteiger partial charge >= 0.3 is 5.97 Å². The molecule has 1 aliphatic carbocycles. The Labute approximate surface area is 105 Å². The molecule has 94 valence electrons. The fraction of sp³-hybridized carbons (Fsp3) is 0.429. The quantitative estimate of drug-likeness (QED) is 0.853. The molecule has 0 spiro atoms. The molecule has 2 N–H and O–H groups in total. The van der Waals surface area contributed by atoms with E-state index in [9.17, 15) is 4.79 Å². The maximum atomic E-state index is 10.9. The fourth-order valence-electron chi connectivity index (χ4n) is 2.78. The molecule has 1 saturated carbocycles. The highest BCUT2D eigenvalue weighted by Crippen LogP contribution is 2.35. The second kappa shape index (κ2) is 4.44. The van der Waals surface area contributed by atoms with E-state index in [0.717, 1.165) is 42.5 Å². The van der Waals surface area contributed by atoms with Gasteiger partial charge in [-0.15, -0.1) is 0 Å². The minimum absolute atomic E-state index is 0.161. The van der Waals surface area contributed by atoms with Crippen molar-refractivity contribution in [3.05, 3.63) is 30.1 Å². The van der Waals surface area contributed by atoms with E-state index in [2.05, 4.69) is 9.97 Å². The molecule has 0 atom stereocenters. The molecule has 1 aromatic carbocycles. The number of carboxylic acids is 1. The van der Waals surface area contributed by atoms with Crippen LogP contribution in [0.25, 0.3) is 11.0 Å². The van der Waals surface area contributed by atoms with Crippen LogP contribution < -0.4 is 0 Å². The number of benzene rings is 1. The van der Waals surface area contributed by atoms with Gasteiger partial charge < -0.3 is 10.1 Å². The van der Waals surface area contributed by atoms with Crippen LogP contribution in [-0.2, 0) is 4.79 Å². The number of imidazole rings is 1. The minimum Gasteiger partial charge on any atom is -0.481 e. The normalized spacial score (nSPS) is 24.2. The van der Waals surface area contributed by atoms with Crippen LogP contribution in [0.1, 0.15) is 37.4 Å². The third kappa shape index (κ3) is 1.98. The summed E-state index contributed by atoms with van der Waals surface area (Å²) >= 11 is 0. The number of fused-ring (bicyclic) bond motifs is 1. The summed E-state index contributed by atoms with van der Waals surface area (Å²) in [6.45, 7) is 0. The van der Waals surface area contributed by atoms with Gasteiger partial charge in [0.25, 0.3) is 0 Å². The molecular formula is C14H16N2O2. The summed E-state index contributed by atoms with van der Waals surface area (Å²) in [5.74, 6) is 0.580. The van der Waals surface area contributed by atoms with Crippen LogP contribution in [0.3, 0.4) is 0 Å². The molecule has 0 radical (unpaired) electrons. The molecule has 0 bridgehead atoms. The number of H-pyrrole nitrogens is 1.